The van der Waals surface area contributed by atoms with Crippen molar-refractivity contribution in [3.8, 4) is 11.5 Å². The van der Waals surface area contributed by atoms with E-state index in [0.717, 1.165) is 6.42 Å². The van der Waals surface area contributed by atoms with Crippen molar-refractivity contribution in [3.05, 3.63) is 59.4 Å². The lowest BCUT2D eigenvalue weighted by Gasteiger charge is -2.12. The van der Waals surface area contributed by atoms with Crippen molar-refractivity contribution >= 4 is 0 Å². The summed E-state index contributed by atoms with van der Waals surface area (Å²) < 4.78 is 24.6. The average Bonchev–Trinajstić information content (AvgIpc) is 2.50. The fourth-order valence-corrected chi connectivity index (χ4v) is 2.05. The van der Waals surface area contributed by atoms with Gasteiger partial charge in [-0.25, -0.2) is 4.39 Å². The van der Waals surface area contributed by atoms with Gasteiger partial charge >= 0.3 is 0 Å². The molecule has 21 heavy (non-hydrogen) atoms. The third-order valence-corrected chi connectivity index (χ3v) is 3.18. The van der Waals surface area contributed by atoms with Gasteiger partial charge in [-0.2, -0.15) is 0 Å². The van der Waals surface area contributed by atoms with Crippen molar-refractivity contribution in [1.29, 1.82) is 0 Å². The van der Waals surface area contributed by atoms with Crippen molar-refractivity contribution in [2.45, 2.75) is 13.0 Å². The Bertz CT molecular complexity index is 570. The van der Waals surface area contributed by atoms with Crippen LogP contribution in [0.15, 0.2) is 42.5 Å². The first-order valence-corrected chi connectivity index (χ1v) is 6.92. The van der Waals surface area contributed by atoms with Crippen molar-refractivity contribution in [3.63, 3.8) is 0 Å². The van der Waals surface area contributed by atoms with Crippen molar-refractivity contribution < 1.29 is 13.9 Å². The Morgan fingerprint density at radius 3 is 2.52 bits per heavy atom. The fourth-order valence-electron chi connectivity index (χ4n) is 2.05. The largest absolute Gasteiger partial charge is 0.457 e. The van der Waals surface area contributed by atoms with Crippen LogP contribution in [0, 0.1) is 5.82 Å². The van der Waals surface area contributed by atoms with Crippen molar-refractivity contribution in [2.75, 3.05) is 20.8 Å². The summed E-state index contributed by atoms with van der Waals surface area (Å²) in [5, 5.41) is 2.95. The van der Waals surface area contributed by atoms with E-state index in [9.17, 15) is 4.39 Å². The molecule has 0 bridgehead atoms. The molecule has 2 aromatic carbocycles. The molecule has 112 valence electrons. The van der Waals surface area contributed by atoms with E-state index >= 15 is 0 Å². The maximum absolute atomic E-state index is 13.8. The highest BCUT2D eigenvalue weighted by molar-refractivity contribution is 5.39. The molecule has 0 saturated heterocycles. The quantitative estimate of drug-likeness (QED) is 0.846. The maximum Gasteiger partial charge on any atom is 0.134 e. The maximum atomic E-state index is 13.8. The lowest BCUT2D eigenvalue weighted by Crippen LogP contribution is -2.08. The van der Waals surface area contributed by atoms with E-state index < -0.39 is 0 Å². The summed E-state index contributed by atoms with van der Waals surface area (Å²) in [5.74, 6) is 0.965. The molecule has 1 N–H and O–H groups in total. The normalized spacial score (nSPS) is 10.6. The SMILES string of the molecule is CNCc1c(F)cccc1Oc1ccc(CCOC)cc1. The summed E-state index contributed by atoms with van der Waals surface area (Å²) in [5.41, 5.74) is 1.71. The van der Waals surface area contributed by atoms with Crippen LogP contribution in [0.4, 0.5) is 4.39 Å². The standard InChI is InChI=1S/C17H20FNO2/c1-19-12-15-16(18)4-3-5-17(15)21-14-8-6-13(7-9-14)10-11-20-2/h3-9,19H,10-12H2,1-2H3. The van der Waals surface area contributed by atoms with Gasteiger partial charge in [0, 0.05) is 19.2 Å². The number of rotatable bonds is 7. The minimum absolute atomic E-state index is 0.265. The number of benzene rings is 2. The molecule has 2 aromatic rings. The molecule has 0 saturated carbocycles. The molecule has 0 heterocycles. The van der Waals surface area contributed by atoms with E-state index in [0.29, 0.717) is 30.2 Å². The number of hydrogen-bond acceptors (Lipinski definition) is 3. The van der Waals surface area contributed by atoms with Crippen molar-refractivity contribution in [1.82, 2.24) is 5.32 Å². The lowest BCUT2D eigenvalue weighted by molar-refractivity contribution is 0.202. The summed E-state index contributed by atoms with van der Waals surface area (Å²) in [6.45, 7) is 1.12. The van der Waals surface area contributed by atoms with Crippen LogP contribution in [-0.4, -0.2) is 20.8 Å². The van der Waals surface area contributed by atoms with Crippen LogP contribution in [-0.2, 0) is 17.7 Å². The molecule has 2 rings (SSSR count). The number of hydrogen-bond donors (Lipinski definition) is 1. The van der Waals surface area contributed by atoms with Gasteiger partial charge in [-0.3, -0.25) is 0 Å². The molecule has 0 amide bonds. The summed E-state index contributed by atoms with van der Waals surface area (Å²) in [4.78, 5) is 0. The third-order valence-electron chi connectivity index (χ3n) is 3.18. The Morgan fingerprint density at radius 1 is 1.10 bits per heavy atom. The smallest absolute Gasteiger partial charge is 0.134 e. The van der Waals surface area contributed by atoms with E-state index in [1.165, 1.54) is 11.6 Å². The first kappa shape index (κ1) is 15.5. The van der Waals surface area contributed by atoms with Crippen LogP contribution in [0.1, 0.15) is 11.1 Å². The van der Waals surface area contributed by atoms with Crippen LogP contribution in [0.25, 0.3) is 0 Å². The minimum atomic E-state index is -0.265. The van der Waals surface area contributed by atoms with E-state index in [2.05, 4.69) is 5.32 Å². The third kappa shape index (κ3) is 4.28. The van der Waals surface area contributed by atoms with Gasteiger partial charge in [0.05, 0.1) is 6.61 Å². The van der Waals surface area contributed by atoms with Gasteiger partial charge in [0.1, 0.15) is 17.3 Å². The highest BCUT2D eigenvalue weighted by Crippen LogP contribution is 2.27. The molecule has 0 spiro atoms. The average molecular weight is 289 g/mol. The van der Waals surface area contributed by atoms with E-state index in [-0.39, 0.29) is 5.82 Å². The molecule has 0 aromatic heterocycles. The Morgan fingerprint density at radius 2 is 1.86 bits per heavy atom. The first-order valence-electron chi connectivity index (χ1n) is 6.92. The van der Waals surface area contributed by atoms with Gasteiger partial charge in [0.2, 0.25) is 0 Å². The summed E-state index contributed by atoms with van der Waals surface area (Å²) in [7, 11) is 3.46. The summed E-state index contributed by atoms with van der Waals surface area (Å²) in [6.07, 6.45) is 0.863. The first-order chi connectivity index (χ1) is 10.2. The Labute approximate surface area is 124 Å². The molecule has 0 aliphatic rings. The Hall–Kier alpha value is -1.91. The monoisotopic (exact) mass is 289 g/mol. The number of ether oxygens (including phenoxy) is 2. The van der Waals surface area contributed by atoms with Crippen LogP contribution in [0.5, 0.6) is 11.5 Å². The predicted octanol–water partition coefficient (Wildman–Crippen LogP) is 3.53. The lowest BCUT2D eigenvalue weighted by atomic mass is 10.1. The molecular weight excluding hydrogens is 269 g/mol. The summed E-state index contributed by atoms with van der Waals surface area (Å²) in [6, 6.07) is 12.6. The number of nitrogens with one attached hydrogen (secondary N) is 1. The second-order valence-electron chi connectivity index (χ2n) is 4.74. The van der Waals surface area contributed by atoms with Gasteiger partial charge in [-0.05, 0) is 43.3 Å². The molecule has 0 atom stereocenters. The fraction of sp³-hybridized carbons (Fsp3) is 0.294. The molecule has 0 aliphatic heterocycles. The van der Waals surface area contributed by atoms with Gasteiger partial charge in [0.15, 0.2) is 0 Å². The van der Waals surface area contributed by atoms with Crippen LogP contribution in [0.2, 0.25) is 0 Å². The van der Waals surface area contributed by atoms with E-state index in [1.54, 1.807) is 26.3 Å². The van der Waals surface area contributed by atoms with Gasteiger partial charge in [-0.1, -0.05) is 18.2 Å². The molecular formula is C17H20FNO2. The molecule has 4 heteroatoms. The topological polar surface area (TPSA) is 30.5 Å². The molecule has 0 unspecified atom stereocenters. The second-order valence-corrected chi connectivity index (χ2v) is 4.74. The predicted molar refractivity (Wildman–Crippen MR) is 81.3 cm³/mol. The van der Waals surface area contributed by atoms with Crippen LogP contribution in [0.3, 0.4) is 0 Å². The zero-order chi connectivity index (χ0) is 15.1. The van der Waals surface area contributed by atoms with Crippen molar-refractivity contribution in [2.24, 2.45) is 0 Å². The molecule has 3 nitrogen and oxygen atoms in total. The van der Waals surface area contributed by atoms with Gasteiger partial charge < -0.3 is 14.8 Å². The minimum Gasteiger partial charge on any atom is -0.457 e. The Kier molecular flexibility index (Phi) is 5.72. The van der Waals surface area contributed by atoms with Gasteiger partial charge in [-0.15, -0.1) is 0 Å². The summed E-state index contributed by atoms with van der Waals surface area (Å²) >= 11 is 0. The molecule has 0 radical (unpaired) electrons. The van der Waals surface area contributed by atoms with Crippen LogP contribution < -0.4 is 10.1 Å². The second kappa shape index (κ2) is 7.76. The van der Waals surface area contributed by atoms with E-state index in [4.69, 9.17) is 9.47 Å². The highest BCUT2D eigenvalue weighted by atomic mass is 19.1. The molecule has 0 aliphatic carbocycles. The Balaban J connectivity index is 2.12. The zero-order valence-electron chi connectivity index (χ0n) is 12.4. The van der Waals surface area contributed by atoms with Crippen LogP contribution >= 0.6 is 0 Å². The molecule has 0 fully saturated rings. The highest BCUT2D eigenvalue weighted by Gasteiger charge is 2.09. The number of halogens is 1. The zero-order valence-corrected chi connectivity index (χ0v) is 12.4. The number of methoxy groups -OCH3 is 1. The van der Waals surface area contributed by atoms with E-state index in [1.807, 2.05) is 24.3 Å². The van der Waals surface area contributed by atoms with Gasteiger partial charge in [0.25, 0.3) is 0 Å².